The van der Waals surface area contributed by atoms with E-state index in [2.05, 4.69) is 10.2 Å². The quantitative estimate of drug-likeness (QED) is 0.719. The predicted molar refractivity (Wildman–Crippen MR) is 115 cm³/mol. The van der Waals surface area contributed by atoms with Gasteiger partial charge in [-0.1, -0.05) is 18.2 Å². The Morgan fingerprint density at radius 2 is 1.70 bits per heavy atom. The van der Waals surface area contributed by atoms with Crippen LogP contribution in [0.1, 0.15) is 15.9 Å². The average Bonchev–Trinajstić information content (AvgIpc) is 2.78. The van der Waals surface area contributed by atoms with Crippen molar-refractivity contribution in [3.05, 3.63) is 59.7 Å². The highest BCUT2D eigenvalue weighted by atomic mass is 16.5. The summed E-state index contributed by atoms with van der Waals surface area (Å²) in [5.41, 5.74) is 1.63. The smallest absolute Gasteiger partial charge is 0.260 e. The van der Waals surface area contributed by atoms with E-state index in [4.69, 9.17) is 9.47 Å². The molecule has 0 aromatic heterocycles. The highest BCUT2D eigenvalue weighted by Gasteiger charge is 2.21. The van der Waals surface area contributed by atoms with Crippen LogP contribution in [0.2, 0.25) is 0 Å². The number of nitrogens with one attached hydrogen (secondary N) is 1. The Bertz CT molecular complexity index is 846. The standard InChI is InChI=1S/C23H29N3O4/c1-18-5-3-4-6-21(18)30-17-22(27)26-15-13-25(14-16-26)12-11-24-23(28)19-7-9-20(29-2)10-8-19/h3-10H,11-17H2,1-2H3,(H,24,28). The summed E-state index contributed by atoms with van der Waals surface area (Å²) in [5, 5.41) is 2.94. The number of nitrogens with zero attached hydrogens (tertiary/aromatic N) is 2. The molecule has 3 rings (SSSR count). The van der Waals surface area contributed by atoms with Crippen molar-refractivity contribution in [3.8, 4) is 11.5 Å². The Morgan fingerprint density at radius 1 is 1.00 bits per heavy atom. The van der Waals surface area contributed by atoms with Crippen LogP contribution in [0, 0.1) is 6.92 Å². The van der Waals surface area contributed by atoms with Crippen LogP contribution >= 0.6 is 0 Å². The molecule has 1 heterocycles. The summed E-state index contributed by atoms with van der Waals surface area (Å²) in [4.78, 5) is 28.7. The first-order valence-corrected chi connectivity index (χ1v) is 10.2. The molecule has 7 nitrogen and oxygen atoms in total. The number of carbonyl (C=O) groups excluding carboxylic acids is 2. The molecule has 0 unspecified atom stereocenters. The molecule has 0 bridgehead atoms. The molecule has 1 aliphatic heterocycles. The van der Waals surface area contributed by atoms with E-state index in [1.165, 1.54) is 0 Å². The van der Waals surface area contributed by atoms with Gasteiger partial charge in [-0.15, -0.1) is 0 Å². The minimum atomic E-state index is -0.0974. The highest BCUT2D eigenvalue weighted by Crippen LogP contribution is 2.16. The molecule has 30 heavy (non-hydrogen) atoms. The molecule has 2 amide bonds. The largest absolute Gasteiger partial charge is 0.497 e. The fourth-order valence-electron chi connectivity index (χ4n) is 3.34. The molecule has 0 spiro atoms. The van der Waals surface area contributed by atoms with Crippen LogP contribution in [0.4, 0.5) is 0 Å². The van der Waals surface area contributed by atoms with Crippen molar-refractivity contribution >= 4 is 11.8 Å². The fraction of sp³-hybridized carbons (Fsp3) is 0.391. The van der Waals surface area contributed by atoms with Gasteiger partial charge < -0.3 is 19.7 Å². The molecule has 0 saturated carbocycles. The molecule has 1 N–H and O–H groups in total. The van der Waals surface area contributed by atoms with E-state index in [0.717, 1.165) is 36.7 Å². The molecular formula is C23H29N3O4. The first-order chi connectivity index (χ1) is 14.6. The Morgan fingerprint density at radius 3 is 2.37 bits per heavy atom. The lowest BCUT2D eigenvalue weighted by Crippen LogP contribution is -2.51. The minimum absolute atomic E-state index is 0.00529. The third kappa shape index (κ3) is 5.97. The number of aryl methyl sites for hydroxylation is 1. The third-order valence-electron chi connectivity index (χ3n) is 5.24. The van der Waals surface area contributed by atoms with Crippen molar-refractivity contribution in [2.45, 2.75) is 6.92 Å². The number of benzene rings is 2. The van der Waals surface area contributed by atoms with Crippen LogP contribution in [0.25, 0.3) is 0 Å². The van der Waals surface area contributed by atoms with Crippen molar-refractivity contribution in [2.75, 3.05) is 53.0 Å². The number of amides is 2. The maximum Gasteiger partial charge on any atom is 0.260 e. The molecule has 2 aromatic rings. The van der Waals surface area contributed by atoms with Gasteiger partial charge in [0.15, 0.2) is 6.61 Å². The zero-order valence-electron chi connectivity index (χ0n) is 17.6. The lowest BCUT2D eigenvalue weighted by Gasteiger charge is -2.34. The molecule has 0 aliphatic carbocycles. The molecule has 0 radical (unpaired) electrons. The molecule has 160 valence electrons. The number of ether oxygens (including phenoxy) is 2. The van der Waals surface area contributed by atoms with Gasteiger partial charge in [0.1, 0.15) is 11.5 Å². The van der Waals surface area contributed by atoms with Crippen molar-refractivity contribution < 1.29 is 19.1 Å². The third-order valence-corrected chi connectivity index (χ3v) is 5.24. The number of hydrogen-bond acceptors (Lipinski definition) is 5. The molecule has 1 fully saturated rings. The van der Waals surface area contributed by atoms with Gasteiger partial charge in [0.05, 0.1) is 7.11 Å². The van der Waals surface area contributed by atoms with Gasteiger partial charge in [-0.3, -0.25) is 14.5 Å². The number of carbonyl (C=O) groups is 2. The first-order valence-electron chi connectivity index (χ1n) is 10.2. The Labute approximate surface area is 177 Å². The molecule has 1 saturated heterocycles. The van der Waals surface area contributed by atoms with E-state index in [-0.39, 0.29) is 18.4 Å². The van der Waals surface area contributed by atoms with E-state index in [1.54, 1.807) is 31.4 Å². The van der Waals surface area contributed by atoms with Crippen LogP contribution in [0.15, 0.2) is 48.5 Å². The van der Waals surface area contributed by atoms with E-state index in [0.29, 0.717) is 25.2 Å². The molecular weight excluding hydrogens is 382 g/mol. The second-order valence-corrected chi connectivity index (χ2v) is 7.26. The lowest BCUT2D eigenvalue weighted by molar-refractivity contribution is -0.135. The second kappa shape index (κ2) is 10.6. The number of hydrogen-bond donors (Lipinski definition) is 1. The number of piperazine rings is 1. The summed E-state index contributed by atoms with van der Waals surface area (Å²) in [5.74, 6) is 1.38. The average molecular weight is 412 g/mol. The van der Waals surface area contributed by atoms with Gasteiger partial charge in [-0.2, -0.15) is 0 Å². The molecule has 2 aromatic carbocycles. The number of methoxy groups -OCH3 is 1. The predicted octanol–water partition coefficient (Wildman–Crippen LogP) is 1.96. The van der Waals surface area contributed by atoms with Crippen LogP contribution in [-0.4, -0.2) is 74.6 Å². The fourth-order valence-corrected chi connectivity index (χ4v) is 3.34. The SMILES string of the molecule is COc1ccc(C(=O)NCCN2CCN(C(=O)COc3ccccc3C)CC2)cc1. The van der Waals surface area contributed by atoms with Crippen LogP contribution < -0.4 is 14.8 Å². The molecule has 0 atom stereocenters. The van der Waals surface area contributed by atoms with Crippen molar-refractivity contribution in [2.24, 2.45) is 0 Å². The summed E-state index contributed by atoms with van der Waals surface area (Å²) in [6.07, 6.45) is 0. The summed E-state index contributed by atoms with van der Waals surface area (Å²) >= 11 is 0. The Kier molecular flexibility index (Phi) is 7.68. The van der Waals surface area contributed by atoms with Gasteiger partial charge in [-0.05, 0) is 42.8 Å². The number of para-hydroxylation sites is 1. The normalized spacial score (nSPS) is 14.3. The van der Waals surface area contributed by atoms with Crippen molar-refractivity contribution in [1.82, 2.24) is 15.1 Å². The summed E-state index contributed by atoms with van der Waals surface area (Å²) in [7, 11) is 1.60. The zero-order chi connectivity index (χ0) is 21.3. The number of rotatable bonds is 8. The molecule has 1 aliphatic rings. The summed E-state index contributed by atoms with van der Waals surface area (Å²) in [6, 6.07) is 14.7. The maximum absolute atomic E-state index is 12.4. The second-order valence-electron chi connectivity index (χ2n) is 7.26. The van der Waals surface area contributed by atoms with E-state index < -0.39 is 0 Å². The minimum Gasteiger partial charge on any atom is -0.497 e. The molecule has 7 heteroatoms. The monoisotopic (exact) mass is 411 g/mol. The lowest BCUT2D eigenvalue weighted by atomic mass is 10.2. The highest BCUT2D eigenvalue weighted by molar-refractivity contribution is 5.94. The topological polar surface area (TPSA) is 71.1 Å². The zero-order valence-corrected chi connectivity index (χ0v) is 17.6. The van der Waals surface area contributed by atoms with Gasteiger partial charge in [0.25, 0.3) is 11.8 Å². The maximum atomic E-state index is 12.4. The van der Waals surface area contributed by atoms with Crippen LogP contribution in [0.3, 0.4) is 0 Å². The van der Waals surface area contributed by atoms with E-state index >= 15 is 0 Å². The van der Waals surface area contributed by atoms with Gasteiger partial charge >= 0.3 is 0 Å². The van der Waals surface area contributed by atoms with E-state index in [9.17, 15) is 9.59 Å². The van der Waals surface area contributed by atoms with Crippen LogP contribution in [-0.2, 0) is 4.79 Å². The summed E-state index contributed by atoms with van der Waals surface area (Å²) in [6.45, 7) is 6.25. The Hall–Kier alpha value is -3.06. The van der Waals surface area contributed by atoms with Crippen LogP contribution in [0.5, 0.6) is 11.5 Å². The van der Waals surface area contributed by atoms with E-state index in [1.807, 2.05) is 36.1 Å². The van der Waals surface area contributed by atoms with Gasteiger partial charge in [0, 0.05) is 44.8 Å². The van der Waals surface area contributed by atoms with Gasteiger partial charge in [-0.25, -0.2) is 0 Å². The summed E-state index contributed by atoms with van der Waals surface area (Å²) < 4.78 is 10.8. The van der Waals surface area contributed by atoms with Crippen molar-refractivity contribution in [3.63, 3.8) is 0 Å². The van der Waals surface area contributed by atoms with Crippen molar-refractivity contribution in [1.29, 1.82) is 0 Å². The Balaban J connectivity index is 1.34. The van der Waals surface area contributed by atoms with Gasteiger partial charge in [0.2, 0.25) is 0 Å². The first kappa shape index (κ1) is 21.6.